The van der Waals surface area contributed by atoms with Crippen LogP contribution in [0.1, 0.15) is 70.1 Å². The molecule has 1 N–H and O–H groups in total. The second-order valence-electron chi connectivity index (χ2n) is 9.28. The highest BCUT2D eigenvalue weighted by atomic mass is 19.4. The van der Waals surface area contributed by atoms with Crippen molar-refractivity contribution in [3.05, 3.63) is 29.6 Å². The largest absolute Gasteiger partial charge is 0.468 e. The number of carbonyl (C=O) groups excluding carboxylic acids is 1. The Kier molecular flexibility index (Phi) is 12.0. The van der Waals surface area contributed by atoms with E-state index >= 15 is 0 Å². The highest BCUT2D eigenvalue weighted by Crippen LogP contribution is 2.30. The van der Waals surface area contributed by atoms with Gasteiger partial charge in [-0.3, -0.25) is 10.1 Å². The molecule has 8 nitrogen and oxygen atoms in total. The molecule has 36 heavy (non-hydrogen) atoms. The second-order valence-corrected chi connectivity index (χ2v) is 9.28. The van der Waals surface area contributed by atoms with Crippen molar-refractivity contribution in [3.8, 4) is 6.07 Å². The molecule has 0 amide bonds. The Morgan fingerprint density at radius 3 is 2.42 bits per heavy atom. The first kappa shape index (κ1) is 30.0. The molecule has 2 heterocycles. The number of carbonyl (C=O) groups is 1. The number of alkyl halides is 3. The number of aromatic nitrogens is 1. The Morgan fingerprint density at radius 2 is 1.86 bits per heavy atom. The van der Waals surface area contributed by atoms with Crippen LogP contribution < -0.4 is 5.32 Å². The summed E-state index contributed by atoms with van der Waals surface area (Å²) in [6.07, 6.45) is 4.26. The summed E-state index contributed by atoms with van der Waals surface area (Å²) >= 11 is 0. The number of ether oxygens (including phenoxy) is 4. The molecule has 202 valence electrons. The monoisotopic (exact) mass is 515 g/mol. The van der Waals surface area contributed by atoms with Crippen LogP contribution in [-0.2, 0) is 29.9 Å². The average Bonchev–Trinajstić information content (AvgIpc) is 2.87. The zero-order valence-corrected chi connectivity index (χ0v) is 21.1. The molecular weight excluding hydrogens is 479 g/mol. The number of pyridine rings is 1. The highest BCUT2D eigenvalue weighted by Gasteiger charge is 2.34. The number of hydrogen-bond donors (Lipinski definition) is 1. The quantitative estimate of drug-likeness (QED) is 0.402. The number of esters is 1. The Hall–Kier alpha value is -2.26. The molecule has 1 aliphatic heterocycles. The third kappa shape index (κ3) is 10.0. The maximum absolute atomic E-state index is 12.0. The first-order valence-electron chi connectivity index (χ1n) is 12.2. The van der Waals surface area contributed by atoms with Gasteiger partial charge in [0.15, 0.2) is 12.0 Å². The van der Waals surface area contributed by atoms with Gasteiger partial charge in [0.1, 0.15) is 11.6 Å². The molecule has 2 aliphatic rings. The molecule has 3 rings (SSSR count). The number of nitrogens with zero attached hydrogens (tertiary/aromatic N) is 2. The normalized spacial score (nSPS) is 22.6. The van der Waals surface area contributed by atoms with Crippen molar-refractivity contribution >= 4 is 5.97 Å². The van der Waals surface area contributed by atoms with E-state index in [2.05, 4.69) is 10.3 Å². The van der Waals surface area contributed by atoms with Crippen molar-refractivity contribution in [3.63, 3.8) is 0 Å². The molecule has 0 radical (unpaired) electrons. The molecule has 11 heteroatoms. The Balaban J connectivity index is 0.000000319. The van der Waals surface area contributed by atoms with E-state index in [-0.39, 0.29) is 12.3 Å². The smallest absolute Gasteiger partial charge is 0.419 e. The number of methoxy groups -OCH3 is 1. The lowest BCUT2D eigenvalue weighted by atomic mass is 9.90. The maximum atomic E-state index is 12.0. The third-order valence-corrected chi connectivity index (χ3v) is 6.03. The van der Waals surface area contributed by atoms with Gasteiger partial charge in [0.25, 0.3) is 0 Å². The van der Waals surface area contributed by atoms with Crippen LogP contribution in [-0.4, -0.2) is 61.9 Å². The second kappa shape index (κ2) is 14.5. The fourth-order valence-electron chi connectivity index (χ4n) is 4.16. The molecule has 0 aromatic carbocycles. The summed E-state index contributed by atoms with van der Waals surface area (Å²) in [5, 5.41) is 11.7. The van der Waals surface area contributed by atoms with Crippen molar-refractivity contribution in [2.24, 2.45) is 0 Å². The first-order chi connectivity index (χ1) is 17.1. The van der Waals surface area contributed by atoms with E-state index in [9.17, 15) is 18.0 Å². The molecular formula is C25H36F3N3O5. The third-order valence-electron chi connectivity index (χ3n) is 6.03. The van der Waals surface area contributed by atoms with Gasteiger partial charge < -0.3 is 18.9 Å². The lowest BCUT2D eigenvalue weighted by molar-refractivity contribution is -0.172. The molecule has 1 aromatic rings. The minimum Gasteiger partial charge on any atom is -0.468 e. The van der Waals surface area contributed by atoms with Gasteiger partial charge in [-0.25, -0.2) is 4.98 Å². The first-order valence-corrected chi connectivity index (χ1v) is 12.2. The van der Waals surface area contributed by atoms with Crippen molar-refractivity contribution in [2.45, 2.75) is 88.9 Å². The number of nitrogens with one attached hydrogen (secondary N) is 1. The SMILES string of the molecule is COC(=O)C(C)(C)N[C@H]1CC[C@H](OCCOC2CCCCO2)CC1.N#Cc1ncccc1C(F)(F)F. The highest BCUT2D eigenvalue weighted by molar-refractivity contribution is 5.79. The van der Waals surface area contributed by atoms with Crippen LogP contribution >= 0.6 is 0 Å². The van der Waals surface area contributed by atoms with Crippen molar-refractivity contribution in [1.82, 2.24) is 10.3 Å². The molecule has 1 aromatic heterocycles. The van der Waals surface area contributed by atoms with E-state index in [1.54, 1.807) is 0 Å². The Bertz CT molecular complexity index is 846. The summed E-state index contributed by atoms with van der Waals surface area (Å²) in [5.74, 6) is -0.219. The minimum atomic E-state index is -4.50. The summed E-state index contributed by atoms with van der Waals surface area (Å²) in [5.41, 5.74) is -2.22. The van der Waals surface area contributed by atoms with E-state index in [0.29, 0.717) is 25.4 Å². The van der Waals surface area contributed by atoms with Crippen molar-refractivity contribution in [2.75, 3.05) is 26.9 Å². The summed E-state index contributed by atoms with van der Waals surface area (Å²) in [6, 6.07) is 3.68. The van der Waals surface area contributed by atoms with Gasteiger partial charge in [-0.2, -0.15) is 18.4 Å². The van der Waals surface area contributed by atoms with E-state index < -0.39 is 23.0 Å². The summed E-state index contributed by atoms with van der Waals surface area (Å²) in [7, 11) is 1.43. The predicted octanol–water partition coefficient (Wildman–Crippen LogP) is 4.37. The van der Waals surface area contributed by atoms with Crippen molar-refractivity contribution in [1.29, 1.82) is 5.26 Å². The molecule has 0 spiro atoms. The fourth-order valence-corrected chi connectivity index (χ4v) is 4.16. The van der Waals surface area contributed by atoms with Crippen LogP contribution in [0.5, 0.6) is 0 Å². The van der Waals surface area contributed by atoms with Gasteiger partial charge in [0.2, 0.25) is 0 Å². The summed E-state index contributed by atoms with van der Waals surface area (Å²) in [6.45, 7) is 5.76. The van der Waals surface area contributed by atoms with E-state index in [1.807, 2.05) is 13.8 Å². The van der Waals surface area contributed by atoms with Crippen LogP contribution in [0.3, 0.4) is 0 Å². The molecule has 1 saturated heterocycles. The van der Waals surface area contributed by atoms with Gasteiger partial charge in [0.05, 0.1) is 32.0 Å². The van der Waals surface area contributed by atoms with Crippen LogP contribution in [0.15, 0.2) is 18.3 Å². The topological polar surface area (TPSA) is 103 Å². The van der Waals surface area contributed by atoms with Gasteiger partial charge >= 0.3 is 12.1 Å². The number of rotatable bonds is 8. The number of halogens is 3. The van der Waals surface area contributed by atoms with Crippen LogP contribution in [0.25, 0.3) is 0 Å². The molecule has 1 saturated carbocycles. The molecule has 1 aliphatic carbocycles. The standard InChI is InChI=1S/C18H33NO5.C7H3F3N2/c1-18(2,17(20)21-3)19-14-7-9-15(10-8-14)22-12-13-24-16-6-4-5-11-23-16;8-7(9,10)5-2-1-3-12-6(5)4-11/h14-16,19H,4-13H2,1-3H3;1-3H/t14-,15-,16?;. The van der Waals surface area contributed by atoms with Crippen LogP contribution in [0.4, 0.5) is 13.2 Å². The zero-order chi connectivity index (χ0) is 26.6. The van der Waals surface area contributed by atoms with Gasteiger partial charge in [0, 0.05) is 18.8 Å². The Morgan fingerprint density at radius 1 is 1.17 bits per heavy atom. The van der Waals surface area contributed by atoms with E-state index in [0.717, 1.165) is 63.5 Å². The molecule has 2 fully saturated rings. The van der Waals surface area contributed by atoms with E-state index in [4.69, 9.17) is 24.2 Å². The van der Waals surface area contributed by atoms with Gasteiger partial charge in [-0.15, -0.1) is 0 Å². The maximum Gasteiger partial charge on any atom is 0.419 e. The number of nitriles is 1. The minimum absolute atomic E-state index is 0.0390. The summed E-state index contributed by atoms with van der Waals surface area (Å²) < 4.78 is 58.1. The zero-order valence-electron chi connectivity index (χ0n) is 21.1. The van der Waals surface area contributed by atoms with Gasteiger partial charge in [-0.05, 0) is 70.9 Å². The predicted molar refractivity (Wildman–Crippen MR) is 125 cm³/mol. The van der Waals surface area contributed by atoms with Crippen molar-refractivity contribution < 1.29 is 36.9 Å². The van der Waals surface area contributed by atoms with Crippen LogP contribution in [0, 0.1) is 11.3 Å². The number of hydrogen-bond acceptors (Lipinski definition) is 8. The average molecular weight is 516 g/mol. The van der Waals surface area contributed by atoms with Crippen LogP contribution in [0.2, 0.25) is 0 Å². The molecule has 1 atom stereocenters. The molecule has 0 bridgehead atoms. The lowest BCUT2D eigenvalue weighted by Crippen LogP contribution is -2.53. The molecule has 1 unspecified atom stereocenters. The summed E-state index contributed by atoms with van der Waals surface area (Å²) in [4.78, 5) is 15.0. The van der Waals surface area contributed by atoms with E-state index in [1.165, 1.54) is 19.6 Å². The fraction of sp³-hybridized carbons (Fsp3) is 0.720. The lowest BCUT2D eigenvalue weighted by Gasteiger charge is -2.34. The Labute approximate surface area is 210 Å². The van der Waals surface area contributed by atoms with Gasteiger partial charge in [-0.1, -0.05) is 0 Å².